The number of amides is 2. The summed E-state index contributed by atoms with van der Waals surface area (Å²) in [6.45, 7) is 0.241. The first-order chi connectivity index (χ1) is 12.3. The zero-order chi connectivity index (χ0) is 19.3. The number of para-hydroxylation sites is 1. The Morgan fingerprint density at radius 2 is 2.00 bits per heavy atom. The highest BCUT2D eigenvalue weighted by atomic mass is 16.7. The summed E-state index contributed by atoms with van der Waals surface area (Å²) >= 11 is 0. The largest absolute Gasteiger partial charge is 0.368 e. The van der Waals surface area contributed by atoms with Crippen LogP contribution in [0.15, 0.2) is 35.4 Å². The Morgan fingerprint density at radius 3 is 2.58 bits per heavy atom. The second-order valence-corrected chi connectivity index (χ2v) is 5.49. The third kappa shape index (κ3) is 4.13. The quantitative estimate of drug-likeness (QED) is 0.227. The van der Waals surface area contributed by atoms with Crippen LogP contribution < -0.4 is 17.2 Å². The maximum atomic E-state index is 12.9. The zero-order valence-electron chi connectivity index (χ0n) is 13.8. The monoisotopic (exact) mass is 361 g/mol. The van der Waals surface area contributed by atoms with Crippen LogP contribution in [-0.2, 0) is 4.79 Å². The van der Waals surface area contributed by atoms with E-state index < -0.39 is 28.8 Å². The summed E-state index contributed by atoms with van der Waals surface area (Å²) in [7, 11) is 0. The fourth-order valence-corrected chi connectivity index (χ4v) is 2.57. The molecule has 0 fully saturated rings. The maximum Gasteiger partial charge on any atom is 0.277 e. The first-order valence-electron chi connectivity index (χ1n) is 7.74. The van der Waals surface area contributed by atoms with Crippen molar-refractivity contribution in [2.24, 2.45) is 22.3 Å². The molecule has 0 aliphatic heterocycles. The first kappa shape index (κ1) is 18.9. The lowest BCUT2D eigenvalue weighted by atomic mass is 10.1. The molecule has 0 aliphatic carbocycles. The first-order valence-corrected chi connectivity index (χ1v) is 7.74. The number of nitro groups is 1. The van der Waals surface area contributed by atoms with Crippen molar-refractivity contribution in [3.63, 3.8) is 0 Å². The average molecular weight is 361 g/mol. The third-order valence-corrected chi connectivity index (χ3v) is 3.73. The van der Waals surface area contributed by atoms with E-state index in [1.807, 2.05) is 0 Å². The predicted octanol–water partition coefficient (Wildman–Crippen LogP) is -0.291. The zero-order valence-corrected chi connectivity index (χ0v) is 13.8. The fourth-order valence-electron chi connectivity index (χ4n) is 2.57. The van der Waals surface area contributed by atoms with Gasteiger partial charge < -0.3 is 22.2 Å². The average Bonchev–Trinajstić information content (AvgIpc) is 3.01. The van der Waals surface area contributed by atoms with Crippen molar-refractivity contribution >= 4 is 28.7 Å². The van der Waals surface area contributed by atoms with E-state index in [4.69, 9.17) is 17.2 Å². The van der Waals surface area contributed by atoms with E-state index in [0.717, 1.165) is 10.3 Å². The summed E-state index contributed by atoms with van der Waals surface area (Å²) in [6.07, 6.45) is 0.446. The number of rotatable bonds is 7. The van der Waals surface area contributed by atoms with E-state index in [2.05, 4.69) is 10.1 Å². The number of hydrogen-bond acceptors (Lipinski definition) is 5. The van der Waals surface area contributed by atoms with Gasteiger partial charge in [0.05, 0.1) is 0 Å². The van der Waals surface area contributed by atoms with Crippen molar-refractivity contribution in [1.82, 2.24) is 9.88 Å². The van der Waals surface area contributed by atoms with Crippen LogP contribution in [0.1, 0.15) is 23.3 Å². The minimum atomic E-state index is -1.22. The van der Waals surface area contributed by atoms with Gasteiger partial charge in [-0.1, -0.05) is 18.2 Å². The van der Waals surface area contributed by atoms with Gasteiger partial charge in [-0.25, -0.2) is 10.1 Å². The van der Waals surface area contributed by atoms with Gasteiger partial charge in [-0.15, -0.1) is 0 Å². The molecule has 0 spiro atoms. The van der Waals surface area contributed by atoms with E-state index in [1.165, 1.54) is 0 Å². The number of fused-ring (bicyclic) bond motifs is 1. The Kier molecular flexibility index (Phi) is 5.86. The summed E-state index contributed by atoms with van der Waals surface area (Å²) in [6, 6.07) is 7.43. The Bertz CT molecular complexity index is 828. The summed E-state index contributed by atoms with van der Waals surface area (Å²) in [5.74, 6) is -2.37. The predicted molar refractivity (Wildman–Crippen MR) is 94.4 cm³/mol. The van der Waals surface area contributed by atoms with Crippen molar-refractivity contribution < 1.29 is 14.6 Å². The molecule has 11 heteroatoms. The minimum absolute atomic E-state index is 0.0890. The van der Waals surface area contributed by atoms with Crippen LogP contribution in [0.2, 0.25) is 0 Å². The van der Waals surface area contributed by atoms with Gasteiger partial charge in [0.1, 0.15) is 16.8 Å². The van der Waals surface area contributed by atoms with E-state index in [0.29, 0.717) is 11.9 Å². The molecule has 138 valence electrons. The number of hydrogen-bond donors (Lipinski definition) is 4. The lowest BCUT2D eigenvalue weighted by Gasteiger charge is -2.26. The molecule has 0 aliphatic rings. The molecule has 2 aromatic rings. The highest BCUT2D eigenvalue weighted by Crippen LogP contribution is 2.18. The van der Waals surface area contributed by atoms with Crippen LogP contribution in [0, 0.1) is 10.1 Å². The number of carbonyl (C=O) groups excluding carboxylic acids is 2. The number of guanidine groups is 1. The SMILES string of the molecule is NCCCC(C(N)=O)N(C(=O)c1cc2ccccc2[nH]1)/C(N)=N\[N+](=O)[O-]. The van der Waals surface area contributed by atoms with Gasteiger partial charge in [-0.3, -0.25) is 14.5 Å². The molecular weight excluding hydrogens is 342 g/mol. The molecule has 1 heterocycles. The number of carbonyl (C=O) groups is 2. The molecule has 1 aromatic heterocycles. The summed E-state index contributed by atoms with van der Waals surface area (Å²) in [5.41, 5.74) is 17.2. The summed E-state index contributed by atoms with van der Waals surface area (Å²) in [5, 5.41) is 13.3. The van der Waals surface area contributed by atoms with Crippen molar-refractivity contribution in [1.29, 1.82) is 0 Å². The second-order valence-electron chi connectivity index (χ2n) is 5.49. The molecular formula is C15H19N7O4. The minimum Gasteiger partial charge on any atom is -0.368 e. The summed E-state index contributed by atoms with van der Waals surface area (Å²) < 4.78 is 0. The van der Waals surface area contributed by atoms with Gasteiger partial charge in [0.25, 0.3) is 11.9 Å². The lowest BCUT2D eigenvalue weighted by molar-refractivity contribution is -0.485. The Morgan fingerprint density at radius 1 is 1.31 bits per heavy atom. The van der Waals surface area contributed by atoms with Gasteiger partial charge in [-0.2, -0.15) is 0 Å². The number of aromatic amines is 1. The third-order valence-electron chi connectivity index (χ3n) is 3.73. The number of nitrogens with one attached hydrogen (secondary N) is 1. The van der Waals surface area contributed by atoms with Crippen molar-refractivity contribution in [2.45, 2.75) is 18.9 Å². The fraction of sp³-hybridized carbons (Fsp3) is 0.267. The molecule has 1 unspecified atom stereocenters. The number of nitrogens with two attached hydrogens (primary N) is 3. The van der Waals surface area contributed by atoms with Gasteiger partial charge in [0.2, 0.25) is 5.91 Å². The number of primary amides is 1. The Hall–Kier alpha value is -3.47. The van der Waals surface area contributed by atoms with E-state index in [9.17, 15) is 19.7 Å². The topological polar surface area (TPSA) is 187 Å². The molecule has 0 saturated carbocycles. The van der Waals surface area contributed by atoms with E-state index in [-0.39, 0.29) is 18.7 Å². The molecule has 11 nitrogen and oxygen atoms in total. The van der Waals surface area contributed by atoms with Gasteiger partial charge in [0, 0.05) is 10.9 Å². The Balaban J connectivity index is 2.48. The van der Waals surface area contributed by atoms with Gasteiger partial charge in [-0.05, 0) is 31.5 Å². The van der Waals surface area contributed by atoms with Gasteiger partial charge >= 0.3 is 0 Å². The molecule has 0 bridgehead atoms. The van der Waals surface area contributed by atoms with Crippen LogP contribution in [0.4, 0.5) is 0 Å². The molecule has 2 amide bonds. The van der Waals surface area contributed by atoms with Crippen LogP contribution in [-0.4, -0.2) is 45.3 Å². The van der Waals surface area contributed by atoms with Crippen molar-refractivity contribution in [3.8, 4) is 0 Å². The van der Waals surface area contributed by atoms with Crippen LogP contribution in [0.25, 0.3) is 10.9 Å². The normalized spacial score (nSPS) is 12.7. The number of benzene rings is 1. The molecule has 1 aromatic carbocycles. The van der Waals surface area contributed by atoms with E-state index >= 15 is 0 Å². The standard InChI is InChI=1S/C15H19N7O4/c16-7-3-6-12(13(17)23)21(15(18)20-22(25)26)14(24)11-8-9-4-1-2-5-10(9)19-11/h1-2,4-5,8,12,19H,3,6-7,16H2,(H2,17,23)(H2,18,20). The number of hydrazone groups is 1. The molecule has 0 radical (unpaired) electrons. The molecule has 1 atom stereocenters. The van der Waals surface area contributed by atoms with E-state index in [1.54, 1.807) is 30.3 Å². The second kappa shape index (κ2) is 8.07. The molecule has 0 saturated heterocycles. The van der Waals surface area contributed by atoms with Crippen LogP contribution in [0.3, 0.4) is 0 Å². The van der Waals surface area contributed by atoms with Crippen molar-refractivity contribution in [3.05, 3.63) is 46.1 Å². The highest BCUT2D eigenvalue weighted by Gasteiger charge is 2.33. The molecule has 2 rings (SSSR count). The number of H-pyrrole nitrogens is 1. The lowest BCUT2D eigenvalue weighted by Crippen LogP contribution is -2.54. The summed E-state index contributed by atoms with van der Waals surface area (Å²) in [4.78, 5) is 39.1. The van der Waals surface area contributed by atoms with Crippen LogP contribution >= 0.6 is 0 Å². The Labute approximate surface area is 147 Å². The number of aromatic nitrogens is 1. The highest BCUT2D eigenvalue weighted by molar-refractivity contribution is 6.08. The molecule has 26 heavy (non-hydrogen) atoms. The molecule has 7 N–H and O–H groups in total. The smallest absolute Gasteiger partial charge is 0.277 e. The van der Waals surface area contributed by atoms with Crippen LogP contribution in [0.5, 0.6) is 0 Å². The van der Waals surface area contributed by atoms with Gasteiger partial charge in [0.15, 0.2) is 5.03 Å². The maximum absolute atomic E-state index is 12.9. The van der Waals surface area contributed by atoms with Crippen molar-refractivity contribution in [2.75, 3.05) is 6.54 Å². The number of nitrogens with zero attached hydrogens (tertiary/aromatic N) is 3.